The maximum Gasteiger partial charge on any atom is 0.366 e. The van der Waals surface area contributed by atoms with Gasteiger partial charge in [0.15, 0.2) is 11.4 Å². The number of hydrogen-bond donors (Lipinski definition) is 2. The maximum atomic E-state index is 11.5. The highest BCUT2D eigenvalue weighted by molar-refractivity contribution is 6.00. The van der Waals surface area contributed by atoms with E-state index >= 15 is 0 Å². The van der Waals surface area contributed by atoms with Crippen LogP contribution in [0.25, 0.3) is 0 Å². The molecule has 0 spiro atoms. The molecule has 0 aromatic carbocycles. The number of ether oxygens (including phenoxy) is 1. The van der Waals surface area contributed by atoms with Crippen LogP contribution in [-0.2, 0) is 4.74 Å². The van der Waals surface area contributed by atoms with Crippen molar-refractivity contribution in [2.75, 3.05) is 0 Å². The average molecular weight is 234 g/mol. The highest BCUT2D eigenvalue weighted by atomic mass is 16.6. The molecular formula is C10H10N4O3. The monoisotopic (exact) mass is 234 g/mol. The zero-order valence-corrected chi connectivity index (χ0v) is 9.27. The Bertz CT molecular complexity index is 519. The van der Waals surface area contributed by atoms with Crippen molar-refractivity contribution < 1.29 is 14.3 Å². The van der Waals surface area contributed by atoms with Gasteiger partial charge in [-0.3, -0.25) is 10.2 Å². The first-order chi connectivity index (χ1) is 8.06. The molecule has 0 radical (unpaired) electrons. The Morgan fingerprint density at radius 2 is 1.41 bits per heavy atom. The molecule has 0 saturated carbocycles. The van der Waals surface area contributed by atoms with Gasteiger partial charge >= 0.3 is 11.9 Å². The largest absolute Gasteiger partial charge is 0.383 e. The summed E-state index contributed by atoms with van der Waals surface area (Å²) < 4.78 is 4.61. The van der Waals surface area contributed by atoms with E-state index in [9.17, 15) is 9.59 Å². The van der Waals surface area contributed by atoms with Crippen LogP contribution in [-0.4, -0.2) is 32.3 Å². The van der Waals surface area contributed by atoms with Gasteiger partial charge < -0.3 is 4.74 Å². The van der Waals surface area contributed by atoms with E-state index in [0.29, 0.717) is 11.4 Å². The molecule has 7 heteroatoms. The molecule has 2 N–H and O–H groups in total. The summed E-state index contributed by atoms with van der Waals surface area (Å²) in [6.45, 7) is 3.48. The number of nitrogens with zero attached hydrogens (tertiary/aromatic N) is 2. The van der Waals surface area contributed by atoms with Crippen LogP contribution in [0.3, 0.4) is 0 Å². The van der Waals surface area contributed by atoms with Crippen LogP contribution in [0.5, 0.6) is 0 Å². The van der Waals surface area contributed by atoms with Crippen molar-refractivity contribution >= 4 is 11.9 Å². The number of nitrogens with one attached hydrogen (secondary N) is 2. The number of rotatable bonds is 2. The van der Waals surface area contributed by atoms with Gasteiger partial charge in [0.05, 0.1) is 0 Å². The molecule has 0 bridgehead atoms. The Kier molecular flexibility index (Phi) is 2.73. The Morgan fingerprint density at radius 3 is 1.71 bits per heavy atom. The summed E-state index contributed by atoms with van der Waals surface area (Å²) in [5.74, 6) is -1.61. The first-order valence-corrected chi connectivity index (χ1v) is 4.87. The normalized spacial score (nSPS) is 10.2. The Morgan fingerprint density at radius 1 is 1.00 bits per heavy atom. The van der Waals surface area contributed by atoms with Crippen LogP contribution in [0, 0.1) is 13.8 Å². The molecule has 88 valence electrons. The molecule has 0 atom stereocenters. The van der Waals surface area contributed by atoms with Crippen molar-refractivity contribution in [3.8, 4) is 0 Å². The maximum absolute atomic E-state index is 11.5. The van der Waals surface area contributed by atoms with Crippen LogP contribution in [0.1, 0.15) is 32.4 Å². The third-order valence-electron chi connectivity index (χ3n) is 2.02. The second-order valence-electron chi connectivity index (χ2n) is 3.55. The number of hydrogen-bond acceptors (Lipinski definition) is 5. The molecule has 2 aromatic heterocycles. The third-order valence-corrected chi connectivity index (χ3v) is 2.02. The highest BCUT2D eigenvalue weighted by Crippen LogP contribution is 2.04. The predicted octanol–water partition coefficient (Wildman–Crippen LogP) is 0.747. The summed E-state index contributed by atoms with van der Waals surface area (Å²) in [6, 6.07) is 2.98. The quantitative estimate of drug-likeness (QED) is 0.589. The fourth-order valence-corrected chi connectivity index (χ4v) is 1.23. The van der Waals surface area contributed by atoms with Gasteiger partial charge in [-0.05, 0) is 26.0 Å². The molecule has 0 amide bonds. The number of carbonyl (C=O) groups excluding carboxylic acids is 2. The van der Waals surface area contributed by atoms with Crippen LogP contribution >= 0.6 is 0 Å². The number of carbonyl (C=O) groups is 2. The average Bonchev–Trinajstić information content (AvgIpc) is 2.87. The zero-order valence-electron chi connectivity index (χ0n) is 9.27. The molecule has 0 fully saturated rings. The van der Waals surface area contributed by atoms with Gasteiger partial charge in [-0.1, -0.05) is 0 Å². The summed E-state index contributed by atoms with van der Waals surface area (Å²) in [6.07, 6.45) is 0. The van der Waals surface area contributed by atoms with E-state index in [2.05, 4.69) is 25.1 Å². The SMILES string of the molecule is Cc1cc(C(=O)OC(=O)c2cc(C)[nH]n2)n[nH]1. The Balaban J connectivity index is 2.07. The van der Waals surface area contributed by atoms with Gasteiger partial charge in [0.2, 0.25) is 0 Å². The lowest BCUT2D eigenvalue weighted by Gasteiger charge is -1.96. The smallest absolute Gasteiger partial charge is 0.366 e. The number of esters is 2. The minimum atomic E-state index is -0.806. The highest BCUT2D eigenvalue weighted by Gasteiger charge is 2.18. The van der Waals surface area contributed by atoms with Crippen LogP contribution in [0.15, 0.2) is 12.1 Å². The van der Waals surface area contributed by atoms with E-state index in [0.717, 1.165) is 0 Å². The van der Waals surface area contributed by atoms with Crippen LogP contribution in [0.4, 0.5) is 0 Å². The molecule has 2 rings (SSSR count). The molecule has 17 heavy (non-hydrogen) atoms. The minimum absolute atomic E-state index is 0.0584. The Hall–Kier alpha value is -2.44. The summed E-state index contributed by atoms with van der Waals surface area (Å²) in [5.41, 5.74) is 1.53. The molecule has 2 heterocycles. The number of aryl methyl sites for hydroxylation is 2. The standard InChI is InChI=1S/C10H10N4O3/c1-5-3-7(13-11-5)9(15)17-10(16)8-4-6(2)12-14-8/h3-4H,1-2H3,(H,11,13)(H,12,14). The van der Waals surface area contributed by atoms with Gasteiger partial charge in [-0.2, -0.15) is 10.2 Å². The van der Waals surface area contributed by atoms with E-state index in [1.807, 2.05) is 0 Å². The number of aromatic nitrogens is 4. The van der Waals surface area contributed by atoms with Crippen molar-refractivity contribution in [3.63, 3.8) is 0 Å². The van der Waals surface area contributed by atoms with E-state index in [1.54, 1.807) is 13.8 Å². The fraction of sp³-hybridized carbons (Fsp3) is 0.200. The predicted molar refractivity (Wildman–Crippen MR) is 56.4 cm³/mol. The van der Waals surface area contributed by atoms with Crippen molar-refractivity contribution in [2.45, 2.75) is 13.8 Å². The first-order valence-electron chi connectivity index (χ1n) is 4.87. The topological polar surface area (TPSA) is 101 Å². The van der Waals surface area contributed by atoms with Gasteiger partial charge in [0.1, 0.15) is 0 Å². The molecule has 0 aliphatic rings. The molecule has 2 aromatic rings. The van der Waals surface area contributed by atoms with Gasteiger partial charge in [0, 0.05) is 11.4 Å². The third kappa shape index (κ3) is 2.39. The van der Waals surface area contributed by atoms with Crippen LogP contribution in [0.2, 0.25) is 0 Å². The van der Waals surface area contributed by atoms with Crippen molar-refractivity contribution in [1.29, 1.82) is 0 Å². The minimum Gasteiger partial charge on any atom is -0.383 e. The van der Waals surface area contributed by atoms with Crippen molar-refractivity contribution in [2.24, 2.45) is 0 Å². The van der Waals surface area contributed by atoms with Gasteiger partial charge in [0.25, 0.3) is 0 Å². The zero-order chi connectivity index (χ0) is 12.4. The summed E-state index contributed by atoms with van der Waals surface area (Å²) in [7, 11) is 0. The van der Waals surface area contributed by atoms with E-state index in [-0.39, 0.29) is 11.4 Å². The lowest BCUT2D eigenvalue weighted by atomic mass is 10.3. The first kappa shape index (κ1) is 11.1. The van der Waals surface area contributed by atoms with Crippen molar-refractivity contribution in [1.82, 2.24) is 20.4 Å². The second kappa shape index (κ2) is 4.20. The summed E-state index contributed by atoms with van der Waals surface area (Å²) >= 11 is 0. The van der Waals surface area contributed by atoms with Gasteiger partial charge in [-0.25, -0.2) is 9.59 Å². The Labute approximate surface area is 96.2 Å². The number of H-pyrrole nitrogens is 2. The number of aromatic amines is 2. The molecule has 0 unspecified atom stereocenters. The molecular weight excluding hydrogens is 224 g/mol. The van der Waals surface area contributed by atoms with Crippen molar-refractivity contribution in [3.05, 3.63) is 34.9 Å². The summed E-state index contributed by atoms with van der Waals surface area (Å²) in [5, 5.41) is 12.5. The lowest BCUT2D eigenvalue weighted by Crippen LogP contribution is -2.13. The van der Waals surface area contributed by atoms with E-state index < -0.39 is 11.9 Å². The molecule has 0 saturated heterocycles. The lowest BCUT2D eigenvalue weighted by molar-refractivity contribution is 0.0389. The fourth-order valence-electron chi connectivity index (χ4n) is 1.23. The van der Waals surface area contributed by atoms with Crippen LogP contribution < -0.4 is 0 Å². The van der Waals surface area contributed by atoms with Gasteiger partial charge in [-0.15, -0.1) is 0 Å². The molecule has 0 aliphatic heterocycles. The molecule has 7 nitrogen and oxygen atoms in total. The molecule has 0 aliphatic carbocycles. The summed E-state index contributed by atoms with van der Waals surface area (Å²) in [4.78, 5) is 23.0. The van der Waals surface area contributed by atoms with E-state index in [1.165, 1.54) is 12.1 Å². The van der Waals surface area contributed by atoms with E-state index in [4.69, 9.17) is 0 Å². The second-order valence-corrected chi connectivity index (χ2v) is 3.55.